The summed E-state index contributed by atoms with van der Waals surface area (Å²) in [6.45, 7) is 0. The normalized spacial score (nSPS) is 10.4. The number of Topliss-reactive ketones (excluding diaryl/α,β-unsaturated/α-hetero) is 1. The van der Waals surface area contributed by atoms with Gasteiger partial charge in [0.15, 0.2) is 11.6 Å². The van der Waals surface area contributed by atoms with Gasteiger partial charge in [-0.1, -0.05) is 59.6 Å². The van der Waals surface area contributed by atoms with Crippen molar-refractivity contribution in [2.45, 2.75) is 4.90 Å². The first-order valence-corrected chi connectivity index (χ1v) is 9.70. The number of nitrogens with zero attached hydrogens (tertiary/aromatic N) is 1. The number of ketones is 1. The van der Waals surface area contributed by atoms with Crippen molar-refractivity contribution in [3.05, 3.63) is 88.0 Å². The zero-order chi connectivity index (χ0) is 19.2. The maximum Gasteiger partial charge on any atom is 0.256 e. The van der Waals surface area contributed by atoms with Gasteiger partial charge in [-0.25, -0.2) is 4.98 Å². The first-order valence-electron chi connectivity index (χ1n) is 7.96. The summed E-state index contributed by atoms with van der Waals surface area (Å²) < 4.78 is 0. The van der Waals surface area contributed by atoms with Crippen molar-refractivity contribution in [3.8, 4) is 0 Å². The summed E-state index contributed by atoms with van der Waals surface area (Å²) in [4.78, 5) is 29.5. The Kier molecular flexibility index (Phi) is 6.50. The Balaban J connectivity index is 1.66. The van der Waals surface area contributed by atoms with Gasteiger partial charge in [0.1, 0.15) is 0 Å². The maximum atomic E-state index is 12.4. The van der Waals surface area contributed by atoms with E-state index in [9.17, 15) is 9.59 Å². The number of aromatic nitrogens is 1. The number of benzene rings is 2. The van der Waals surface area contributed by atoms with Crippen LogP contribution in [0.4, 0.5) is 5.82 Å². The standard InChI is InChI=1S/C20H14Cl2N2O2S/c21-15-10-17(22)19(23-11-15)24-20(26)14-7-4-8-16(9-14)27-12-18(25)13-5-2-1-3-6-13/h1-11H,12H2,(H,23,24,26). The van der Waals surface area contributed by atoms with Crippen molar-refractivity contribution in [1.82, 2.24) is 4.98 Å². The van der Waals surface area contributed by atoms with Crippen molar-refractivity contribution in [2.24, 2.45) is 0 Å². The second-order valence-electron chi connectivity index (χ2n) is 5.54. The van der Waals surface area contributed by atoms with Crippen LogP contribution in [0.15, 0.2) is 71.8 Å². The van der Waals surface area contributed by atoms with Crippen molar-refractivity contribution < 1.29 is 9.59 Å². The second kappa shape index (κ2) is 9.04. The van der Waals surface area contributed by atoms with Crippen LogP contribution in [0, 0.1) is 0 Å². The van der Waals surface area contributed by atoms with Crippen molar-refractivity contribution in [2.75, 3.05) is 11.1 Å². The van der Waals surface area contributed by atoms with Gasteiger partial charge in [0.25, 0.3) is 5.91 Å². The molecular formula is C20H14Cl2N2O2S. The lowest BCUT2D eigenvalue weighted by Crippen LogP contribution is -2.13. The summed E-state index contributed by atoms with van der Waals surface area (Å²) in [6, 6.07) is 17.6. The lowest BCUT2D eigenvalue weighted by atomic mass is 10.2. The van der Waals surface area contributed by atoms with Gasteiger partial charge >= 0.3 is 0 Å². The summed E-state index contributed by atoms with van der Waals surface area (Å²) in [5.41, 5.74) is 1.11. The van der Waals surface area contributed by atoms with E-state index in [0.717, 1.165) is 4.90 Å². The van der Waals surface area contributed by atoms with E-state index in [1.54, 1.807) is 30.3 Å². The van der Waals surface area contributed by atoms with Crippen molar-refractivity contribution >= 4 is 52.5 Å². The lowest BCUT2D eigenvalue weighted by molar-refractivity contribution is 0.101. The molecule has 0 aliphatic heterocycles. The van der Waals surface area contributed by atoms with E-state index in [1.807, 2.05) is 24.3 Å². The van der Waals surface area contributed by atoms with Gasteiger partial charge in [0, 0.05) is 22.2 Å². The van der Waals surface area contributed by atoms with E-state index in [1.165, 1.54) is 24.0 Å². The molecule has 136 valence electrons. The number of carbonyl (C=O) groups excluding carboxylic acids is 2. The van der Waals surface area contributed by atoms with E-state index in [-0.39, 0.29) is 22.5 Å². The minimum Gasteiger partial charge on any atom is -0.305 e. The van der Waals surface area contributed by atoms with Crippen LogP contribution in [0.2, 0.25) is 10.0 Å². The van der Waals surface area contributed by atoms with E-state index < -0.39 is 0 Å². The zero-order valence-corrected chi connectivity index (χ0v) is 16.3. The molecule has 7 heteroatoms. The second-order valence-corrected chi connectivity index (χ2v) is 7.44. The molecule has 0 aliphatic carbocycles. The predicted octanol–water partition coefficient (Wildman–Crippen LogP) is 5.62. The minimum atomic E-state index is -0.344. The summed E-state index contributed by atoms with van der Waals surface area (Å²) in [5.74, 6) is 0.221. The number of carbonyl (C=O) groups is 2. The van der Waals surface area contributed by atoms with E-state index in [4.69, 9.17) is 23.2 Å². The van der Waals surface area contributed by atoms with Gasteiger partial charge in [-0.3, -0.25) is 9.59 Å². The summed E-state index contributed by atoms with van der Waals surface area (Å²) in [5, 5.41) is 3.30. The lowest BCUT2D eigenvalue weighted by Gasteiger charge is -2.08. The summed E-state index contributed by atoms with van der Waals surface area (Å²) in [7, 11) is 0. The Morgan fingerprint density at radius 2 is 1.70 bits per heavy atom. The van der Waals surface area contributed by atoms with Gasteiger partial charge in [-0.2, -0.15) is 0 Å². The molecule has 0 saturated carbocycles. The molecule has 0 aliphatic rings. The van der Waals surface area contributed by atoms with Crippen LogP contribution in [0.1, 0.15) is 20.7 Å². The van der Waals surface area contributed by atoms with Gasteiger partial charge in [-0.15, -0.1) is 11.8 Å². The first kappa shape index (κ1) is 19.4. The van der Waals surface area contributed by atoms with Crippen LogP contribution in [-0.4, -0.2) is 22.4 Å². The van der Waals surface area contributed by atoms with Gasteiger partial charge in [-0.05, 0) is 24.3 Å². The number of anilines is 1. The molecule has 0 saturated heterocycles. The van der Waals surface area contributed by atoms with Gasteiger partial charge in [0.05, 0.1) is 15.8 Å². The SMILES string of the molecule is O=C(CSc1cccc(C(=O)Nc2ncc(Cl)cc2Cl)c1)c1ccccc1. The molecule has 0 fully saturated rings. The largest absolute Gasteiger partial charge is 0.305 e. The molecule has 4 nitrogen and oxygen atoms in total. The zero-order valence-electron chi connectivity index (χ0n) is 14.0. The van der Waals surface area contributed by atoms with Crippen LogP contribution < -0.4 is 5.32 Å². The molecule has 3 aromatic rings. The van der Waals surface area contributed by atoms with E-state index in [0.29, 0.717) is 21.9 Å². The molecule has 0 atom stereocenters. The van der Waals surface area contributed by atoms with Crippen LogP contribution >= 0.6 is 35.0 Å². The van der Waals surface area contributed by atoms with Gasteiger partial charge < -0.3 is 5.32 Å². The number of rotatable bonds is 6. The molecule has 1 heterocycles. The fourth-order valence-electron chi connectivity index (χ4n) is 2.27. The topological polar surface area (TPSA) is 59.1 Å². The molecule has 0 bridgehead atoms. The van der Waals surface area contributed by atoms with Crippen LogP contribution in [0.3, 0.4) is 0 Å². The number of pyridine rings is 1. The Hall–Kier alpha value is -2.34. The highest BCUT2D eigenvalue weighted by Crippen LogP contribution is 2.24. The molecule has 0 unspecified atom stereocenters. The molecule has 3 rings (SSSR count). The Labute approximate surface area is 170 Å². The number of halogens is 2. The number of hydrogen-bond donors (Lipinski definition) is 1. The number of nitrogens with one attached hydrogen (secondary N) is 1. The molecule has 1 amide bonds. The minimum absolute atomic E-state index is 0.0348. The molecule has 1 aromatic heterocycles. The molecule has 27 heavy (non-hydrogen) atoms. The number of hydrogen-bond acceptors (Lipinski definition) is 4. The quantitative estimate of drug-likeness (QED) is 0.418. The van der Waals surface area contributed by atoms with Crippen molar-refractivity contribution in [1.29, 1.82) is 0 Å². The highest BCUT2D eigenvalue weighted by atomic mass is 35.5. The number of thioether (sulfide) groups is 1. The molecule has 0 radical (unpaired) electrons. The Morgan fingerprint density at radius 3 is 2.44 bits per heavy atom. The molecule has 1 N–H and O–H groups in total. The number of amides is 1. The highest BCUT2D eigenvalue weighted by Gasteiger charge is 2.12. The van der Waals surface area contributed by atoms with Crippen LogP contribution in [0.5, 0.6) is 0 Å². The molecular weight excluding hydrogens is 403 g/mol. The first-order chi connectivity index (χ1) is 13.0. The van der Waals surface area contributed by atoms with E-state index in [2.05, 4.69) is 10.3 Å². The fraction of sp³-hybridized carbons (Fsp3) is 0.0500. The smallest absolute Gasteiger partial charge is 0.256 e. The monoisotopic (exact) mass is 416 g/mol. The third kappa shape index (κ3) is 5.32. The van der Waals surface area contributed by atoms with Crippen LogP contribution in [-0.2, 0) is 0 Å². The average Bonchev–Trinajstić information content (AvgIpc) is 2.69. The molecule has 0 spiro atoms. The third-order valence-corrected chi connectivity index (χ3v) is 5.09. The Morgan fingerprint density at radius 1 is 0.963 bits per heavy atom. The predicted molar refractivity (Wildman–Crippen MR) is 110 cm³/mol. The third-order valence-electron chi connectivity index (χ3n) is 3.60. The Bertz CT molecular complexity index is 981. The molecule has 2 aromatic carbocycles. The average molecular weight is 417 g/mol. The highest BCUT2D eigenvalue weighted by molar-refractivity contribution is 8.00. The van der Waals surface area contributed by atoms with Crippen molar-refractivity contribution in [3.63, 3.8) is 0 Å². The maximum absolute atomic E-state index is 12.4. The summed E-state index contributed by atoms with van der Waals surface area (Å²) in [6.07, 6.45) is 1.41. The summed E-state index contributed by atoms with van der Waals surface area (Å²) >= 11 is 13.2. The van der Waals surface area contributed by atoms with E-state index >= 15 is 0 Å². The fourth-order valence-corrected chi connectivity index (χ4v) is 3.55. The van der Waals surface area contributed by atoms with Gasteiger partial charge in [0.2, 0.25) is 0 Å². The van der Waals surface area contributed by atoms with Crippen LogP contribution in [0.25, 0.3) is 0 Å².